The Hall–Kier alpha value is -2.04. The number of methoxy groups -OCH3 is 1. The first-order valence-electron chi connectivity index (χ1n) is 4.87. The van der Waals surface area contributed by atoms with E-state index in [1.165, 1.54) is 9.80 Å². The number of hydrogen-bond donors (Lipinski definition) is 0. The first-order chi connectivity index (χ1) is 7.63. The lowest BCUT2D eigenvalue weighted by atomic mass is 10.3. The molecule has 1 aliphatic rings. The molecular weight excluding hydrogens is 206 g/mol. The molecule has 1 saturated heterocycles. The second-order valence-electron chi connectivity index (χ2n) is 3.51. The molecule has 16 heavy (non-hydrogen) atoms. The van der Waals surface area contributed by atoms with Gasteiger partial charge in [0.05, 0.1) is 12.8 Å². The molecule has 84 valence electrons. The fraction of sp³-hybridized carbons (Fsp3) is 0.273. The molecule has 0 radical (unpaired) electrons. The van der Waals surface area contributed by atoms with Gasteiger partial charge in [-0.15, -0.1) is 0 Å². The van der Waals surface area contributed by atoms with Crippen molar-refractivity contribution in [1.29, 1.82) is 0 Å². The van der Waals surface area contributed by atoms with Gasteiger partial charge in [0, 0.05) is 14.1 Å². The van der Waals surface area contributed by atoms with Gasteiger partial charge < -0.3 is 4.74 Å². The van der Waals surface area contributed by atoms with Crippen molar-refractivity contribution in [2.24, 2.45) is 4.99 Å². The van der Waals surface area contributed by atoms with Gasteiger partial charge in [0.1, 0.15) is 5.75 Å². The minimum Gasteiger partial charge on any atom is -0.497 e. The van der Waals surface area contributed by atoms with E-state index in [4.69, 9.17) is 4.74 Å². The third kappa shape index (κ3) is 1.60. The highest BCUT2D eigenvalue weighted by Crippen LogP contribution is 2.21. The van der Waals surface area contributed by atoms with Crippen LogP contribution in [0.1, 0.15) is 0 Å². The number of guanidine groups is 1. The quantitative estimate of drug-likeness (QED) is 0.759. The van der Waals surface area contributed by atoms with Crippen molar-refractivity contribution in [2.75, 3.05) is 21.2 Å². The molecule has 0 aromatic heterocycles. The summed E-state index contributed by atoms with van der Waals surface area (Å²) in [6.07, 6.45) is 0. The molecule has 0 spiro atoms. The molecule has 0 saturated carbocycles. The highest BCUT2D eigenvalue weighted by molar-refractivity contribution is 6.14. The van der Waals surface area contributed by atoms with E-state index in [0.29, 0.717) is 5.96 Å². The van der Waals surface area contributed by atoms with Crippen molar-refractivity contribution in [3.63, 3.8) is 0 Å². The third-order valence-electron chi connectivity index (χ3n) is 2.48. The summed E-state index contributed by atoms with van der Waals surface area (Å²) in [5.74, 6) is 1.44. The van der Waals surface area contributed by atoms with Gasteiger partial charge in [-0.3, -0.25) is 9.80 Å². The van der Waals surface area contributed by atoms with Crippen LogP contribution < -0.4 is 4.74 Å². The topological polar surface area (TPSA) is 45.1 Å². The molecule has 1 aromatic carbocycles. The summed E-state index contributed by atoms with van der Waals surface area (Å²) >= 11 is 0. The van der Waals surface area contributed by atoms with Crippen LogP contribution in [0.5, 0.6) is 5.75 Å². The van der Waals surface area contributed by atoms with E-state index in [1.807, 2.05) is 24.3 Å². The minimum absolute atomic E-state index is 0.0488. The molecule has 0 bridgehead atoms. The monoisotopic (exact) mass is 219 g/mol. The van der Waals surface area contributed by atoms with Gasteiger partial charge in [-0.2, -0.15) is 0 Å². The van der Waals surface area contributed by atoms with Crippen molar-refractivity contribution >= 4 is 17.7 Å². The van der Waals surface area contributed by atoms with Crippen LogP contribution in [0.25, 0.3) is 0 Å². The summed E-state index contributed by atoms with van der Waals surface area (Å²) in [7, 11) is 5.02. The Bertz CT molecular complexity index is 425. The molecule has 5 nitrogen and oxygen atoms in total. The van der Waals surface area contributed by atoms with Gasteiger partial charge in [-0.1, -0.05) is 0 Å². The Balaban J connectivity index is 2.20. The highest BCUT2D eigenvalue weighted by atomic mass is 16.5. The number of nitrogens with zero attached hydrogens (tertiary/aromatic N) is 3. The SMILES string of the molecule is COc1ccc(N=C2N(C)C(=O)N2C)cc1. The van der Waals surface area contributed by atoms with Crippen molar-refractivity contribution in [3.8, 4) is 5.75 Å². The molecule has 5 heteroatoms. The smallest absolute Gasteiger partial charge is 0.333 e. The number of rotatable bonds is 2. The fourth-order valence-electron chi connectivity index (χ4n) is 1.50. The van der Waals surface area contributed by atoms with Crippen LogP contribution in [0.15, 0.2) is 29.3 Å². The lowest BCUT2D eigenvalue weighted by Gasteiger charge is -2.37. The Morgan fingerprint density at radius 2 is 1.69 bits per heavy atom. The Morgan fingerprint density at radius 1 is 1.12 bits per heavy atom. The predicted octanol–water partition coefficient (Wildman–Crippen LogP) is 1.68. The molecule has 2 rings (SSSR count). The van der Waals surface area contributed by atoms with Crippen molar-refractivity contribution < 1.29 is 9.53 Å². The molecule has 1 heterocycles. The highest BCUT2D eigenvalue weighted by Gasteiger charge is 2.34. The number of amides is 2. The summed E-state index contributed by atoms with van der Waals surface area (Å²) in [6.45, 7) is 0. The van der Waals surface area contributed by atoms with Crippen molar-refractivity contribution in [3.05, 3.63) is 24.3 Å². The first kappa shape index (κ1) is 10.5. The lowest BCUT2D eigenvalue weighted by Crippen LogP contribution is -2.60. The van der Waals surface area contributed by atoms with E-state index in [9.17, 15) is 4.79 Å². The summed E-state index contributed by atoms with van der Waals surface area (Å²) < 4.78 is 5.05. The maximum Gasteiger partial charge on any atom is 0.333 e. The largest absolute Gasteiger partial charge is 0.497 e. The number of ether oxygens (including phenoxy) is 1. The molecule has 0 N–H and O–H groups in total. The van der Waals surface area contributed by atoms with Crippen LogP contribution in [0.3, 0.4) is 0 Å². The zero-order valence-electron chi connectivity index (χ0n) is 9.47. The number of benzene rings is 1. The van der Waals surface area contributed by atoms with E-state index >= 15 is 0 Å². The number of hydrogen-bond acceptors (Lipinski definition) is 3. The number of aliphatic imine (C=N–C) groups is 1. The van der Waals surface area contributed by atoms with Gasteiger partial charge in [-0.25, -0.2) is 9.79 Å². The Morgan fingerprint density at radius 3 is 2.19 bits per heavy atom. The van der Waals surface area contributed by atoms with Crippen LogP contribution in [-0.2, 0) is 0 Å². The predicted molar refractivity (Wildman–Crippen MR) is 61.0 cm³/mol. The van der Waals surface area contributed by atoms with Gasteiger partial charge in [0.2, 0.25) is 5.96 Å². The zero-order chi connectivity index (χ0) is 11.7. The molecule has 0 unspecified atom stereocenters. The lowest BCUT2D eigenvalue weighted by molar-refractivity contribution is 0.183. The number of urea groups is 1. The van der Waals surface area contributed by atoms with Crippen LogP contribution in [-0.4, -0.2) is 43.0 Å². The first-order valence-corrected chi connectivity index (χ1v) is 4.87. The molecule has 2 amide bonds. The molecule has 1 aliphatic heterocycles. The van der Waals surface area contributed by atoms with E-state index < -0.39 is 0 Å². The molecule has 0 atom stereocenters. The van der Waals surface area contributed by atoms with Gasteiger partial charge >= 0.3 is 6.03 Å². The maximum atomic E-state index is 11.2. The third-order valence-corrected chi connectivity index (χ3v) is 2.48. The second-order valence-corrected chi connectivity index (χ2v) is 3.51. The van der Waals surface area contributed by atoms with Crippen LogP contribution in [0, 0.1) is 0 Å². The van der Waals surface area contributed by atoms with Gasteiger partial charge in [-0.05, 0) is 24.3 Å². The van der Waals surface area contributed by atoms with E-state index in [1.54, 1.807) is 21.2 Å². The zero-order valence-corrected chi connectivity index (χ0v) is 9.47. The Kier molecular flexibility index (Phi) is 2.52. The van der Waals surface area contributed by atoms with E-state index in [2.05, 4.69) is 4.99 Å². The number of carbonyl (C=O) groups is 1. The van der Waals surface area contributed by atoms with Crippen LogP contribution in [0.2, 0.25) is 0 Å². The summed E-state index contributed by atoms with van der Waals surface area (Å²) in [6, 6.07) is 7.30. The number of carbonyl (C=O) groups excluding carboxylic acids is 1. The average Bonchev–Trinajstić information content (AvgIpc) is 2.35. The molecule has 0 aliphatic carbocycles. The standard InChI is InChI=1S/C11H13N3O2/c1-13-10(14(2)11(13)15)12-8-4-6-9(16-3)7-5-8/h4-7H,1-3H3. The van der Waals surface area contributed by atoms with E-state index in [0.717, 1.165) is 11.4 Å². The summed E-state index contributed by atoms with van der Waals surface area (Å²) in [5, 5.41) is 0. The molecule has 1 aromatic rings. The summed E-state index contributed by atoms with van der Waals surface area (Å²) in [5.41, 5.74) is 0.794. The van der Waals surface area contributed by atoms with Crippen LogP contribution in [0.4, 0.5) is 10.5 Å². The van der Waals surface area contributed by atoms with Gasteiger partial charge in [0.15, 0.2) is 0 Å². The normalized spacial score (nSPS) is 14.9. The van der Waals surface area contributed by atoms with Gasteiger partial charge in [0.25, 0.3) is 0 Å². The molecule has 1 fully saturated rings. The van der Waals surface area contributed by atoms with Crippen molar-refractivity contribution in [2.45, 2.75) is 0 Å². The molecular formula is C11H13N3O2. The summed E-state index contributed by atoms with van der Waals surface area (Å²) in [4.78, 5) is 18.6. The van der Waals surface area contributed by atoms with Crippen molar-refractivity contribution in [1.82, 2.24) is 9.80 Å². The Labute approximate surface area is 93.9 Å². The maximum absolute atomic E-state index is 11.2. The van der Waals surface area contributed by atoms with Crippen LogP contribution >= 0.6 is 0 Å². The van der Waals surface area contributed by atoms with E-state index in [-0.39, 0.29) is 6.03 Å². The average molecular weight is 219 g/mol. The fourth-order valence-corrected chi connectivity index (χ4v) is 1.50. The minimum atomic E-state index is -0.0488. The second kappa shape index (κ2) is 3.84.